The van der Waals surface area contributed by atoms with Crippen molar-refractivity contribution in [2.24, 2.45) is 0 Å². The quantitative estimate of drug-likeness (QED) is 0.0400. The van der Waals surface area contributed by atoms with Crippen LogP contribution in [0.2, 0.25) is 0 Å². The Morgan fingerprint density at radius 3 is 1.04 bits per heavy atom. The zero-order valence-electron chi connectivity index (χ0n) is 40.9. The fourth-order valence-corrected chi connectivity index (χ4v) is 10.7. The highest BCUT2D eigenvalue weighted by molar-refractivity contribution is 6.24. The molecule has 16 nitrogen and oxygen atoms in total. The maximum atomic E-state index is 10.8. The Labute approximate surface area is 436 Å². The Bertz CT molecular complexity index is 3150. The Morgan fingerprint density at radius 1 is 0.382 bits per heavy atom. The van der Waals surface area contributed by atoms with E-state index in [-0.39, 0.29) is 26.4 Å². The van der Waals surface area contributed by atoms with Gasteiger partial charge in [-0.05, 0) is 72.4 Å². The van der Waals surface area contributed by atoms with Gasteiger partial charge in [0.2, 0.25) is 0 Å². The molecule has 2 aromatic heterocycles. The standard InChI is InChI=1S/C60H56N2O14/c63-31-47-53(65)55(67)57(69)59(75-47)73-25-23-71-45-28-46(72-24-26-74-60-58(70)56(68)54(66)48(32-64)76-60)44(52-41-19-7-3-15-37(41)50(34-12-10-22-62-30-34)38-16-4-8-20-42(38)52)27-43(45)51-39-17-5-1-13-35(39)49(33-11-9-21-61-29-33)36-14-2-6-18-40(36)51/h1-22,27-30,47-48,53-60,63-70H,23-26,31-32H2/t47-,48-,53-,54-,55+,56+,57+,58+,59-,60-/m1/s1. The van der Waals surface area contributed by atoms with Crippen LogP contribution in [0.3, 0.4) is 0 Å². The lowest BCUT2D eigenvalue weighted by atomic mass is 9.83. The molecule has 76 heavy (non-hydrogen) atoms. The van der Waals surface area contributed by atoms with Crippen LogP contribution in [0.25, 0.3) is 87.6 Å². The molecule has 10 atom stereocenters. The fraction of sp³-hybridized carbons (Fsp3) is 0.267. The summed E-state index contributed by atoms with van der Waals surface area (Å²) in [6.07, 6.45) is -7.57. The first kappa shape index (κ1) is 51.1. The van der Waals surface area contributed by atoms with Crippen molar-refractivity contribution in [2.75, 3.05) is 39.6 Å². The van der Waals surface area contributed by atoms with Crippen molar-refractivity contribution in [1.82, 2.24) is 9.97 Å². The van der Waals surface area contributed by atoms with Crippen LogP contribution in [0.4, 0.5) is 0 Å². The number of pyridine rings is 2. The smallest absolute Gasteiger partial charge is 0.186 e. The van der Waals surface area contributed by atoms with Crippen molar-refractivity contribution in [3.05, 3.63) is 158 Å². The molecule has 0 saturated carbocycles. The van der Waals surface area contributed by atoms with Crippen LogP contribution in [0.1, 0.15) is 0 Å². The predicted molar refractivity (Wildman–Crippen MR) is 284 cm³/mol. The van der Waals surface area contributed by atoms with Gasteiger partial charge in [-0.25, -0.2) is 0 Å². The summed E-state index contributed by atoms with van der Waals surface area (Å²) in [4.78, 5) is 9.00. The Kier molecular flexibility index (Phi) is 15.0. The molecule has 0 unspecified atom stereocenters. The molecule has 390 valence electrons. The summed E-state index contributed by atoms with van der Waals surface area (Å²) in [5, 5.41) is 90.8. The van der Waals surface area contributed by atoms with Gasteiger partial charge in [-0.3, -0.25) is 9.97 Å². The number of fused-ring (bicyclic) bond motifs is 4. The van der Waals surface area contributed by atoms with E-state index < -0.39 is 74.6 Å². The molecule has 7 aromatic carbocycles. The number of benzene rings is 7. The van der Waals surface area contributed by atoms with Crippen LogP contribution in [-0.4, -0.2) is 152 Å². The van der Waals surface area contributed by atoms with Crippen LogP contribution in [0.15, 0.2) is 158 Å². The highest BCUT2D eigenvalue weighted by Gasteiger charge is 2.45. The minimum Gasteiger partial charge on any atom is -0.490 e. The second kappa shape index (κ2) is 22.3. The zero-order chi connectivity index (χ0) is 52.5. The summed E-state index contributed by atoms with van der Waals surface area (Å²) in [6, 6.07) is 44.5. The van der Waals surface area contributed by atoms with Gasteiger partial charge in [0.1, 0.15) is 73.5 Å². The van der Waals surface area contributed by atoms with Crippen LogP contribution in [0, 0.1) is 0 Å². The summed E-state index contributed by atoms with van der Waals surface area (Å²) in [6.45, 7) is -1.80. The molecule has 11 rings (SSSR count). The van der Waals surface area contributed by atoms with Gasteiger partial charge in [-0.15, -0.1) is 0 Å². The number of hydrogen-bond donors (Lipinski definition) is 8. The molecule has 2 aliphatic rings. The topological polar surface area (TPSA) is 243 Å². The van der Waals surface area contributed by atoms with E-state index in [0.717, 1.165) is 76.5 Å². The molecule has 2 aliphatic heterocycles. The number of aliphatic hydroxyl groups excluding tert-OH is 8. The predicted octanol–water partition coefficient (Wildman–Crippen LogP) is 6.15. The highest BCUT2D eigenvalue weighted by atomic mass is 16.7. The summed E-state index contributed by atoms with van der Waals surface area (Å²) in [5.41, 5.74) is 6.94. The second-order valence-electron chi connectivity index (χ2n) is 18.8. The summed E-state index contributed by atoms with van der Waals surface area (Å²) in [5.74, 6) is 0.743. The maximum absolute atomic E-state index is 10.8. The molecule has 9 aromatic rings. The monoisotopic (exact) mass is 1030 g/mol. The molecule has 0 aliphatic carbocycles. The van der Waals surface area contributed by atoms with Crippen molar-refractivity contribution < 1.29 is 69.3 Å². The molecule has 0 radical (unpaired) electrons. The molecule has 8 N–H and O–H groups in total. The summed E-state index contributed by atoms with van der Waals surface area (Å²) < 4.78 is 36.8. The van der Waals surface area contributed by atoms with E-state index in [0.29, 0.717) is 22.6 Å². The highest BCUT2D eigenvalue weighted by Crippen LogP contribution is 2.52. The number of aliphatic hydroxyl groups is 8. The third kappa shape index (κ3) is 9.53. The third-order valence-corrected chi connectivity index (χ3v) is 14.3. The molecule has 0 spiro atoms. The van der Waals surface area contributed by atoms with E-state index in [4.69, 9.17) is 28.4 Å². The number of nitrogens with zero attached hydrogens (tertiary/aromatic N) is 2. The van der Waals surface area contributed by atoms with Crippen LogP contribution in [0.5, 0.6) is 11.5 Å². The maximum Gasteiger partial charge on any atom is 0.186 e. The van der Waals surface area contributed by atoms with Crippen molar-refractivity contribution in [3.63, 3.8) is 0 Å². The van der Waals surface area contributed by atoms with E-state index in [9.17, 15) is 40.9 Å². The number of ether oxygens (including phenoxy) is 6. The second-order valence-corrected chi connectivity index (χ2v) is 18.8. The average molecular weight is 1030 g/mol. The number of rotatable bonds is 16. The molecule has 16 heteroatoms. The molecule has 0 amide bonds. The van der Waals surface area contributed by atoms with E-state index in [1.165, 1.54) is 0 Å². The van der Waals surface area contributed by atoms with Gasteiger partial charge < -0.3 is 69.3 Å². The van der Waals surface area contributed by atoms with Gasteiger partial charge >= 0.3 is 0 Å². The van der Waals surface area contributed by atoms with Crippen LogP contribution in [-0.2, 0) is 18.9 Å². The first-order valence-electron chi connectivity index (χ1n) is 25.1. The van der Waals surface area contributed by atoms with E-state index >= 15 is 0 Å². The number of aromatic nitrogens is 2. The largest absolute Gasteiger partial charge is 0.490 e. The Hall–Kier alpha value is -7.00. The molecular formula is C60H56N2O14. The molecule has 0 bridgehead atoms. The minimum absolute atomic E-state index is 0.115. The third-order valence-electron chi connectivity index (χ3n) is 14.3. The van der Waals surface area contributed by atoms with Crippen LogP contribution < -0.4 is 9.47 Å². The fourth-order valence-electron chi connectivity index (χ4n) is 10.7. The lowest BCUT2D eigenvalue weighted by Crippen LogP contribution is -2.59. The summed E-state index contributed by atoms with van der Waals surface area (Å²) >= 11 is 0. The van der Waals surface area contributed by atoms with Gasteiger partial charge in [0.25, 0.3) is 0 Å². The van der Waals surface area contributed by atoms with Gasteiger partial charge in [0.05, 0.1) is 26.4 Å². The van der Waals surface area contributed by atoms with Crippen molar-refractivity contribution in [2.45, 2.75) is 61.4 Å². The van der Waals surface area contributed by atoms with Gasteiger partial charge in [-0.1, -0.05) is 109 Å². The lowest BCUT2D eigenvalue weighted by molar-refractivity contribution is -0.301. The van der Waals surface area contributed by atoms with E-state index in [2.05, 4.69) is 64.6 Å². The zero-order valence-corrected chi connectivity index (χ0v) is 40.9. The van der Waals surface area contributed by atoms with Crippen LogP contribution >= 0.6 is 0 Å². The van der Waals surface area contributed by atoms with Crippen molar-refractivity contribution in [3.8, 4) is 56.0 Å². The minimum atomic E-state index is -1.64. The van der Waals surface area contributed by atoms with Crippen molar-refractivity contribution in [1.29, 1.82) is 0 Å². The Balaban J connectivity index is 1.11. The van der Waals surface area contributed by atoms with Gasteiger partial charge in [0.15, 0.2) is 12.6 Å². The molecular weight excluding hydrogens is 973 g/mol. The van der Waals surface area contributed by atoms with Gasteiger partial charge in [0, 0.05) is 64.2 Å². The SMILES string of the molecule is OC[C@H]1O[C@@H](OCCOc2cc(OCCO[C@@H]3O[C@H](CO)[C@@H](O)[C@H](O)[C@@H]3O)c(-c3c4ccccc4c(-c4cccnc4)c4ccccc34)cc2-c2c3ccccc3c(-c3cccnc3)c3ccccc23)[C@@H](O)[C@@H](O)[C@@H]1O. The Morgan fingerprint density at radius 2 is 0.724 bits per heavy atom. The lowest BCUT2D eigenvalue weighted by Gasteiger charge is -2.39. The number of hydrogen-bond acceptors (Lipinski definition) is 16. The normalized spacial score (nSPS) is 23.8. The first-order valence-corrected chi connectivity index (χ1v) is 25.1. The summed E-state index contributed by atoms with van der Waals surface area (Å²) in [7, 11) is 0. The van der Waals surface area contributed by atoms with E-state index in [1.54, 1.807) is 12.4 Å². The van der Waals surface area contributed by atoms with Crippen molar-refractivity contribution >= 4 is 43.1 Å². The molecule has 4 heterocycles. The first-order chi connectivity index (χ1) is 37.2. The average Bonchev–Trinajstić information content (AvgIpc) is 3.46. The van der Waals surface area contributed by atoms with Gasteiger partial charge in [-0.2, -0.15) is 0 Å². The van der Waals surface area contributed by atoms with E-state index in [1.807, 2.05) is 91.3 Å². The molecule has 2 fully saturated rings. The molecule has 2 saturated heterocycles.